The van der Waals surface area contributed by atoms with E-state index in [0.717, 1.165) is 5.69 Å². The summed E-state index contributed by atoms with van der Waals surface area (Å²) in [4.78, 5) is 4.39. The number of pyridine rings is 1. The Kier molecular flexibility index (Phi) is 4.34. The number of hydrogen-bond donors (Lipinski definition) is 3. The summed E-state index contributed by atoms with van der Waals surface area (Å²) in [7, 11) is 0. The van der Waals surface area contributed by atoms with E-state index in [4.69, 9.17) is 10.8 Å². The number of nitrogen functional groups attached to an aromatic ring is 1. The summed E-state index contributed by atoms with van der Waals surface area (Å²) in [5, 5.41) is 12.4. The Morgan fingerprint density at radius 3 is 2.59 bits per heavy atom. The number of aliphatic hydroxyl groups is 1. The van der Waals surface area contributed by atoms with E-state index in [0.29, 0.717) is 17.9 Å². The van der Waals surface area contributed by atoms with Crippen LogP contribution in [-0.4, -0.2) is 22.7 Å². The van der Waals surface area contributed by atoms with Crippen LogP contribution in [0, 0.1) is 12.3 Å². The normalized spacial score (nSPS) is 13.5. The minimum atomic E-state index is 0.0423. The molecule has 0 radical (unpaired) electrons. The zero-order chi connectivity index (χ0) is 13.1. The minimum Gasteiger partial charge on any atom is -0.396 e. The third-order valence-corrected chi connectivity index (χ3v) is 2.84. The first-order valence-electron chi connectivity index (χ1n) is 5.95. The Balaban J connectivity index is 2.89. The van der Waals surface area contributed by atoms with E-state index in [9.17, 15) is 0 Å². The Morgan fingerprint density at radius 2 is 2.06 bits per heavy atom. The monoisotopic (exact) mass is 237 g/mol. The largest absolute Gasteiger partial charge is 0.396 e. The van der Waals surface area contributed by atoms with Gasteiger partial charge in [-0.3, -0.25) is 0 Å². The van der Waals surface area contributed by atoms with Crippen LogP contribution < -0.4 is 11.1 Å². The molecule has 0 amide bonds. The first-order chi connectivity index (χ1) is 7.84. The van der Waals surface area contributed by atoms with Crippen molar-refractivity contribution >= 4 is 11.5 Å². The number of anilines is 2. The van der Waals surface area contributed by atoms with Crippen molar-refractivity contribution in [2.45, 2.75) is 40.2 Å². The molecular weight excluding hydrogens is 214 g/mol. The van der Waals surface area contributed by atoms with Crippen LogP contribution in [0.1, 0.15) is 32.9 Å². The molecule has 0 fully saturated rings. The number of aliphatic hydroxyl groups excluding tert-OH is 1. The van der Waals surface area contributed by atoms with Gasteiger partial charge in [-0.25, -0.2) is 4.98 Å². The first kappa shape index (κ1) is 13.8. The van der Waals surface area contributed by atoms with Crippen molar-refractivity contribution in [3.63, 3.8) is 0 Å². The van der Waals surface area contributed by atoms with Crippen molar-refractivity contribution in [2.24, 2.45) is 5.41 Å². The van der Waals surface area contributed by atoms with Crippen LogP contribution in [0.15, 0.2) is 12.1 Å². The van der Waals surface area contributed by atoms with E-state index in [2.05, 4.69) is 31.1 Å². The maximum atomic E-state index is 9.11. The highest BCUT2D eigenvalue weighted by atomic mass is 16.3. The second-order valence-corrected chi connectivity index (χ2v) is 5.47. The molecule has 1 heterocycles. The molecule has 0 aromatic carbocycles. The molecular formula is C13H23N3O. The van der Waals surface area contributed by atoms with Crippen molar-refractivity contribution < 1.29 is 5.11 Å². The summed E-state index contributed by atoms with van der Waals surface area (Å²) in [6.45, 7) is 8.48. The molecule has 0 saturated heterocycles. The molecule has 96 valence electrons. The number of rotatable bonds is 4. The number of nitrogens with zero attached hydrogens (tertiary/aromatic N) is 1. The van der Waals surface area contributed by atoms with Gasteiger partial charge in [-0.2, -0.15) is 0 Å². The quantitative estimate of drug-likeness (QED) is 0.750. The minimum absolute atomic E-state index is 0.0423. The maximum Gasteiger partial charge on any atom is 0.149 e. The van der Waals surface area contributed by atoms with Gasteiger partial charge in [0.25, 0.3) is 0 Å². The van der Waals surface area contributed by atoms with Crippen LogP contribution in [0.4, 0.5) is 11.5 Å². The molecule has 0 aliphatic rings. The van der Waals surface area contributed by atoms with Crippen molar-refractivity contribution in [3.05, 3.63) is 17.8 Å². The molecule has 0 saturated carbocycles. The zero-order valence-corrected chi connectivity index (χ0v) is 11.1. The average molecular weight is 237 g/mol. The second kappa shape index (κ2) is 5.36. The SMILES string of the molecule is Cc1ccc(N)c(NC(CCO)C(C)(C)C)n1. The number of aromatic nitrogens is 1. The van der Waals surface area contributed by atoms with Crippen LogP contribution in [0.25, 0.3) is 0 Å². The lowest BCUT2D eigenvalue weighted by Gasteiger charge is -2.32. The summed E-state index contributed by atoms with van der Waals surface area (Å²) in [6, 6.07) is 3.88. The van der Waals surface area contributed by atoms with Gasteiger partial charge in [0.15, 0.2) is 0 Å². The van der Waals surface area contributed by atoms with Crippen LogP contribution in [0.5, 0.6) is 0 Å². The zero-order valence-electron chi connectivity index (χ0n) is 11.1. The molecule has 0 aliphatic heterocycles. The third-order valence-electron chi connectivity index (χ3n) is 2.84. The highest BCUT2D eigenvalue weighted by molar-refractivity contribution is 5.61. The third kappa shape index (κ3) is 3.89. The van der Waals surface area contributed by atoms with E-state index < -0.39 is 0 Å². The Morgan fingerprint density at radius 1 is 1.41 bits per heavy atom. The van der Waals surface area contributed by atoms with Gasteiger partial charge in [-0.05, 0) is 30.9 Å². The number of nitrogens with one attached hydrogen (secondary N) is 1. The van der Waals surface area contributed by atoms with Gasteiger partial charge in [-0.15, -0.1) is 0 Å². The van der Waals surface area contributed by atoms with Crippen molar-refractivity contribution in [1.82, 2.24) is 4.98 Å². The number of nitrogens with two attached hydrogens (primary N) is 1. The van der Waals surface area contributed by atoms with Gasteiger partial charge in [0, 0.05) is 18.3 Å². The van der Waals surface area contributed by atoms with Crippen LogP contribution in [0.3, 0.4) is 0 Å². The van der Waals surface area contributed by atoms with Crippen LogP contribution in [0.2, 0.25) is 0 Å². The Labute approximate surface area is 103 Å². The molecule has 4 heteroatoms. The summed E-state index contributed by atoms with van der Waals surface area (Å²) in [5.41, 5.74) is 7.50. The molecule has 1 unspecified atom stereocenters. The van der Waals surface area contributed by atoms with Crippen molar-refractivity contribution in [3.8, 4) is 0 Å². The highest BCUT2D eigenvalue weighted by Crippen LogP contribution is 2.27. The summed E-state index contributed by atoms with van der Waals surface area (Å²) in [5.74, 6) is 0.707. The van der Waals surface area contributed by atoms with E-state index in [1.54, 1.807) is 0 Å². The fourth-order valence-electron chi connectivity index (χ4n) is 1.70. The summed E-state index contributed by atoms with van der Waals surface area (Å²) >= 11 is 0. The molecule has 1 rings (SSSR count). The summed E-state index contributed by atoms with van der Waals surface area (Å²) < 4.78 is 0. The predicted molar refractivity (Wildman–Crippen MR) is 72.0 cm³/mol. The standard InChI is InChI=1S/C13H23N3O/c1-9-5-6-10(14)12(15-9)16-11(7-8-17)13(2,3)4/h5-6,11,17H,7-8,14H2,1-4H3,(H,15,16). The first-order valence-corrected chi connectivity index (χ1v) is 5.95. The van der Waals surface area contributed by atoms with E-state index >= 15 is 0 Å². The van der Waals surface area contributed by atoms with E-state index in [1.165, 1.54) is 0 Å². The summed E-state index contributed by atoms with van der Waals surface area (Å²) in [6.07, 6.45) is 0.679. The second-order valence-electron chi connectivity index (χ2n) is 5.47. The lowest BCUT2D eigenvalue weighted by molar-refractivity contribution is 0.235. The highest BCUT2D eigenvalue weighted by Gasteiger charge is 2.24. The topological polar surface area (TPSA) is 71.2 Å². The molecule has 17 heavy (non-hydrogen) atoms. The molecule has 1 atom stereocenters. The molecule has 4 N–H and O–H groups in total. The van der Waals surface area contributed by atoms with Gasteiger partial charge < -0.3 is 16.2 Å². The average Bonchev–Trinajstić information content (AvgIpc) is 2.21. The van der Waals surface area contributed by atoms with Gasteiger partial charge >= 0.3 is 0 Å². The molecule has 0 bridgehead atoms. The van der Waals surface area contributed by atoms with E-state index in [-0.39, 0.29) is 18.1 Å². The molecule has 0 aliphatic carbocycles. The number of aryl methyl sites for hydroxylation is 1. The van der Waals surface area contributed by atoms with Gasteiger partial charge in [-0.1, -0.05) is 20.8 Å². The molecule has 1 aromatic heterocycles. The lowest BCUT2D eigenvalue weighted by Crippen LogP contribution is -2.35. The van der Waals surface area contributed by atoms with Gasteiger partial charge in [0.1, 0.15) is 5.82 Å². The fraction of sp³-hybridized carbons (Fsp3) is 0.615. The van der Waals surface area contributed by atoms with E-state index in [1.807, 2.05) is 19.1 Å². The van der Waals surface area contributed by atoms with Crippen LogP contribution in [-0.2, 0) is 0 Å². The van der Waals surface area contributed by atoms with Crippen molar-refractivity contribution in [1.29, 1.82) is 0 Å². The smallest absolute Gasteiger partial charge is 0.149 e. The molecule has 0 spiro atoms. The molecule has 4 nitrogen and oxygen atoms in total. The predicted octanol–water partition coefficient (Wildman–Crippen LogP) is 2.18. The van der Waals surface area contributed by atoms with Gasteiger partial charge in [0.05, 0.1) is 5.69 Å². The lowest BCUT2D eigenvalue weighted by atomic mass is 9.85. The van der Waals surface area contributed by atoms with Crippen LogP contribution >= 0.6 is 0 Å². The number of hydrogen-bond acceptors (Lipinski definition) is 4. The van der Waals surface area contributed by atoms with Crippen molar-refractivity contribution in [2.75, 3.05) is 17.7 Å². The van der Waals surface area contributed by atoms with Gasteiger partial charge in [0.2, 0.25) is 0 Å². The Hall–Kier alpha value is -1.29. The Bertz CT molecular complexity index is 371. The molecule has 1 aromatic rings. The maximum absolute atomic E-state index is 9.11. The fourth-order valence-corrected chi connectivity index (χ4v) is 1.70.